The van der Waals surface area contributed by atoms with Crippen LogP contribution in [0.2, 0.25) is 19.6 Å². The molecule has 0 saturated carbocycles. The van der Waals surface area contributed by atoms with E-state index >= 15 is 0 Å². The van der Waals surface area contributed by atoms with E-state index in [1.165, 1.54) is 6.92 Å². The lowest BCUT2D eigenvalue weighted by atomic mass is 9.99. The van der Waals surface area contributed by atoms with Gasteiger partial charge in [0.15, 0.2) is 0 Å². The molecule has 0 bridgehead atoms. The Hall–Kier alpha value is -1.17. The van der Waals surface area contributed by atoms with Crippen molar-refractivity contribution in [3.05, 3.63) is 0 Å². The van der Waals surface area contributed by atoms with Crippen molar-refractivity contribution in [2.75, 3.05) is 0 Å². The molecule has 2 atom stereocenters. The molecule has 1 amide bonds. The number of hydrogen-bond donors (Lipinski definition) is 1. The summed E-state index contributed by atoms with van der Waals surface area (Å²) < 4.78 is 5.38. The highest BCUT2D eigenvalue weighted by molar-refractivity contribution is 6.71. The van der Waals surface area contributed by atoms with E-state index in [1.807, 2.05) is 33.5 Å². The molecular weight excluding hydrogens is 250 g/mol. The standard InChI is InChI=1S/C12H23NO4Si/c1-7-8(2)10(13-11(15)9(3)14)12(16)17-18(4,5)6/h8,10H,7H2,1-6H3,(H,13,15)/t8-,10-/m0/s1. The zero-order chi connectivity index (χ0) is 14.5. The lowest BCUT2D eigenvalue weighted by molar-refractivity contribution is -0.143. The van der Waals surface area contributed by atoms with Gasteiger partial charge in [-0.15, -0.1) is 0 Å². The molecule has 0 aromatic rings. The molecule has 0 heterocycles. The molecule has 18 heavy (non-hydrogen) atoms. The van der Waals surface area contributed by atoms with E-state index in [1.54, 1.807) is 0 Å². The van der Waals surface area contributed by atoms with E-state index in [9.17, 15) is 14.4 Å². The summed E-state index contributed by atoms with van der Waals surface area (Å²) in [5.41, 5.74) is 0. The van der Waals surface area contributed by atoms with Crippen molar-refractivity contribution in [2.24, 2.45) is 5.92 Å². The smallest absolute Gasteiger partial charge is 0.315 e. The van der Waals surface area contributed by atoms with Crippen LogP contribution in [0.5, 0.6) is 0 Å². The van der Waals surface area contributed by atoms with Crippen LogP contribution in [-0.4, -0.2) is 32.0 Å². The molecule has 0 aromatic heterocycles. The Labute approximate surface area is 109 Å². The topological polar surface area (TPSA) is 72.5 Å². The van der Waals surface area contributed by atoms with E-state index < -0.39 is 32.0 Å². The molecule has 0 aliphatic rings. The Morgan fingerprint density at radius 1 is 1.22 bits per heavy atom. The lowest BCUT2D eigenvalue weighted by Crippen LogP contribution is -2.50. The van der Waals surface area contributed by atoms with Gasteiger partial charge in [-0.2, -0.15) is 0 Å². The van der Waals surface area contributed by atoms with Crippen molar-refractivity contribution in [1.29, 1.82) is 0 Å². The number of nitrogens with one attached hydrogen (secondary N) is 1. The van der Waals surface area contributed by atoms with Crippen LogP contribution in [-0.2, 0) is 18.8 Å². The Bertz CT molecular complexity index is 335. The van der Waals surface area contributed by atoms with E-state index in [-0.39, 0.29) is 5.92 Å². The number of Topliss-reactive ketones (excluding diaryl/α,β-unsaturated/α-hetero) is 1. The minimum absolute atomic E-state index is 0.0721. The van der Waals surface area contributed by atoms with Gasteiger partial charge in [-0.25, -0.2) is 0 Å². The summed E-state index contributed by atoms with van der Waals surface area (Å²) in [4.78, 5) is 34.3. The second-order valence-electron chi connectivity index (χ2n) is 5.43. The first kappa shape index (κ1) is 16.8. The van der Waals surface area contributed by atoms with Gasteiger partial charge < -0.3 is 9.74 Å². The number of hydrogen-bond acceptors (Lipinski definition) is 4. The highest BCUT2D eigenvalue weighted by atomic mass is 28.4. The predicted octanol–water partition coefficient (Wildman–Crippen LogP) is 1.48. The SMILES string of the molecule is CC[C@H](C)[C@H](NC(=O)C(C)=O)C(=O)O[Si](C)(C)C. The number of amides is 1. The maximum absolute atomic E-state index is 12.0. The van der Waals surface area contributed by atoms with Crippen LogP contribution in [0.4, 0.5) is 0 Å². The predicted molar refractivity (Wildman–Crippen MR) is 71.5 cm³/mol. The first-order valence-electron chi connectivity index (χ1n) is 6.12. The highest BCUT2D eigenvalue weighted by Gasteiger charge is 2.31. The van der Waals surface area contributed by atoms with Gasteiger partial charge in [0.2, 0.25) is 14.1 Å². The minimum Gasteiger partial charge on any atom is -0.518 e. The van der Waals surface area contributed by atoms with E-state index in [0.717, 1.165) is 0 Å². The molecule has 0 aliphatic carbocycles. The largest absolute Gasteiger partial charge is 0.518 e. The molecule has 0 spiro atoms. The zero-order valence-corrected chi connectivity index (χ0v) is 13.0. The van der Waals surface area contributed by atoms with Crippen LogP contribution in [0.1, 0.15) is 27.2 Å². The van der Waals surface area contributed by atoms with Crippen molar-refractivity contribution in [3.63, 3.8) is 0 Å². The van der Waals surface area contributed by atoms with Gasteiger partial charge in [-0.05, 0) is 25.6 Å². The summed E-state index contributed by atoms with van der Waals surface area (Å²) in [7, 11) is -2.01. The quantitative estimate of drug-likeness (QED) is 0.588. The van der Waals surface area contributed by atoms with E-state index in [0.29, 0.717) is 6.42 Å². The maximum Gasteiger partial charge on any atom is 0.315 e. The summed E-state index contributed by atoms with van der Waals surface area (Å²) in [5.74, 6) is -1.87. The molecule has 0 saturated heterocycles. The maximum atomic E-state index is 12.0. The molecule has 0 rings (SSSR count). The van der Waals surface area contributed by atoms with E-state index in [2.05, 4.69) is 5.32 Å². The third kappa shape index (κ3) is 5.95. The Morgan fingerprint density at radius 2 is 1.72 bits per heavy atom. The fraction of sp³-hybridized carbons (Fsp3) is 0.750. The lowest BCUT2D eigenvalue weighted by Gasteiger charge is -2.26. The van der Waals surface area contributed by atoms with Crippen molar-refractivity contribution < 1.29 is 18.8 Å². The molecule has 1 N–H and O–H groups in total. The second kappa shape index (κ2) is 6.68. The number of rotatable bonds is 6. The zero-order valence-electron chi connectivity index (χ0n) is 12.0. The number of ketones is 1. The monoisotopic (exact) mass is 273 g/mol. The van der Waals surface area contributed by atoms with Crippen LogP contribution in [0.15, 0.2) is 0 Å². The van der Waals surface area contributed by atoms with Crippen molar-refractivity contribution in [3.8, 4) is 0 Å². The molecule has 0 aromatic carbocycles. The summed E-state index contributed by atoms with van der Waals surface area (Å²) >= 11 is 0. The third-order valence-electron chi connectivity index (χ3n) is 2.48. The van der Waals surface area contributed by atoms with Crippen LogP contribution in [0.3, 0.4) is 0 Å². The molecule has 5 nitrogen and oxygen atoms in total. The number of carbonyl (C=O) groups is 3. The van der Waals surface area contributed by atoms with Crippen LogP contribution in [0.25, 0.3) is 0 Å². The van der Waals surface area contributed by atoms with Gasteiger partial charge in [-0.1, -0.05) is 20.3 Å². The fourth-order valence-corrected chi connectivity index (χ4v) is 2.01. The normalized spacial score (nSPS) is 14.6. The van der Waals surface area contributed by atoms with Gasteiger partial charge >= 0.3 is 5.97 Å². The molecule has 0 unspecified atom stereocenters. The fourth-order valence-electron chi connectivity index (χ4n) is 1.28. The van der Waals surface area contributed by atoms with Crippen molar-refractivity contribution >= 4 is 26.0 Å². The molecule has 0 fully saturated rings. The second-order valence-corrected chi connectivity index (χ2v) is 9.86. The first-order valence-corrected chi connectivity index (χ1v) is 9.53. The van der Waals surface area contributed by atoms with Gasteiger partial charge in [0.1, 0.15) is 6.04 Å². The molecule has 0 radical (unpaired) electrons. The molecule has 6 heteroatoms. The van der Waals surface area contributed by atoms with E-state index in [4.69, 9.17) is 4.43 Å². The van der Waals surface area contributed by atoms with Crippen LogP contribution >= 0.6 is 0 Å². The summed E-state index contributed by atoms with van der Waals surface area (Å²) in [5, 5.41) is 2.45. The molecule has 0 aliphatic heterocycles. The summed E-state index contributed by atoms with van der Waals surface area (Å²) in [6.07, 6.45) is 0.712. The average Bonchev–Trinajstić information content (AvgIpc) is 2.21. The van der Waals surface area contributed by atoms with Gasteiger partial charge in [0.05, 0.1) is 0 Å². The van der Waals surface area contributed by atoms with Crippen LogP contribution in [0, 0.1) is 5.92 Å². The third-order valence-corrected chi connectivity index (χ3v) is 3.29. The summed E-state index contributed by atoms with van der Waals surface area (Å²) in [6.45, 7) is 10.6. The van der Waals surface area contributed by atoms with Crippen molar-refractivity contribution in [2.45, 2.75) is 52.9 Å². The Kier molecular flexibility index (Phi) is 6.24. The summed E-state index contributed by atoms with van der Waals surface area (Å²) in [6, 6.07) is -0.752. The minimum atomic E-state index is -2.01. The molecule has 104 valence electrons. The van der Waals surface area contributed by atoms with Gasteiger partial charge in [-0.3, -0.25) is 14.4 Å². The van der Waals surface area contributed by atoms with Crippen LogP contribution < -0.4 is 5.32 Å². The first-order chi connectivity index (χ1) is 8.08. The average molecular weight is 273 g/mol. The van der Waals surface area contributed by atoms with Gasteiger partial charge in [0, 0.05) is 6.92 Å². The highest BCUT2D eigenvalue weighted by Crippen LogP contribution is 2.13. The molecular formula is C12H23NO4Si. The van der Waals surface area contributed by atoms with Crippen molar-refractivity contribution in [1.82, 2.24) is 5.32 Å². The Balaban J connectivity index is 4.84. The number of carbonyl (C=O) groups excluding carboxylic acids is 3. The Morgan fingerprint density at radius 3 is 2.06 bits per heavy atom. The van der Waals surface area contributed by atoms with Gasteiger partial charge in [0.25, 0.3) is 5.91 Å².